The van der Waals surface area contributed by atoms with Crippen LogP contribution in [0.2, 0.25) is 0 Å². The molecule has 2 nitrogen and oxygen atoms in total. The van der Waals surface area contributed by atoms with Gasteiger partial charge in [0, 0.05) is 12.1 Å². The third-order valence-corrected chi connectivity index (χ3v) is 2.85. The second kappa shape index (κ2) is 4.83. The Bertz CT molecular complexity index is 117. The van der Waals surface area contributed by atoms with E-state index in [9.17, 15) is 0 Å². The molecule has 1 atom stereocenters. The highest BCUT2D eigenvalue weighted by Crippen LogP contribution is 2.09. The van der Waals surface area contributed by atoms with Crippen LogP contribution >= 0.6 is 0 Å². The van der Waals surface area contributed by atoms with Gasteiger partial charge in [0.2, 0.25) is 0 Å². The molecule has 0 unspecified atom stereocenters. The maximum absolute atomic E-state index is 3.66. The Kier molecular flexibility index (Phi) is 4.02. The minimum Gasteiger partial charge on any atom is -0.311 e. The molecular weight excluding hydrogens is 148 g/mol. The molecule has 0 aromatic carbocycles. The number of piperidine rings is 1. The van der Waals surface area contributed by atoms with Crippen molar-refractivity contribution in [3.05, 3.63) is 0 Å². The minimum atomic E-state index is 0.693. The first-order valence-electron chi connectivity index (χ1n) is 5.17. The van der Waals surface area contributed by atoms with Gasteiger partial charge in [-0.2, -0.15) is 0 Å². The molecule has 1 aliphatic rings. The highest BCUT2D eigenvalue weighted by atomic mass is 15.1. The van der Waals surface area contributed by atoms with Crippen molar-refractivity contribution in [2.75, 3.05) is 20.1 Å². The van der Waals surface area contributed by atoms with E-state index in [-0.39, 0.29) is 0 Å². The smallest absolute Gasteiger partial charge is 0.00938 e. The quantitative estimate of drug-likeness (QED) is 0.690. The topological polar surface area (TPSA) is 15.3 Å². The Labute approximate surface area is 76.3 Å². The molecule has 72 valence electrons. The van der Waals surface area contributed by atoms with E-state index < -0.39 is 0 Å². The number of nitrogens with zero attached hydrogens (tertiary/aromatic N) is 1. The SMILES string of the molecule is CC[C@@H](C)NC1CCN(C)CC1. The summed E-state index contributed by atoms with van der Waals surface area (Å²) < 4.78 is 0. The summed E-state index contributed by atoms with van der Waals surface area (Å²) in [5.74, 6) is 0. The first-order valence-corrected chi connectivity index (χ1v) is 5.17. The Morgan fingerprint density at radius 3 is 2.50 bits per heavy atom. The minimum absolute atomic E-state index is 0.693. The van der Waals surface area contributed by atoms with Crippen molar-refractivity contribution in [2.24, 2.45) is 0 Å². The second-order valence-electron chi connectivity index (χ2n) is 4.05. The summed E-state index contributed by atoms with van der Waals surface area (Å²) in [7, 11) is 2.21. The molecule has 0 aromatic rings. The van der Waals surface area contributed by atoms with Crippen LogP contribution in [0.1, 0.15) is 33.1 Å². The molecule has 0 spiro atoms. The maximum atomic E-state index is 3.66. The molecule has 0 bridgehead atoms. The van der Waals surface area contributed by atoms with Crippen LogP contribution in [0.3, 0.4) is 0 Å². The van der Waals surface area contributed by atoms with Gasteiger partial charge in [0.25, 0.3) is 0 Å². The molecule has 2 heteroatoms. The molecule has 1 heterocycles. The van der Waals surface area contributed by atoms with Gasteiger partial charge in [-0.15, -0.1) is 0 Å². The fourth-order valence-corrected chi connectivity index (χ4v) is 1.70. The van der Waals surface area contributed by atoms with Gasteiger partial charge in [0.15, 0.2) is 0 Å². The molecule has 1 rings (SSSR count). The van der Waals surface area contributed by atoms with E-state index in [0.717, 1.165) is 6.04 Å². The lowest BCUT2D eigenvalue weighted by molar-refractivity contribution is 0.225. The molecule has 0 radical (unpaired) electrons. The largest absolute Gasteiger partial charge is 0.311 e. The van der Waals surface area contributed by atoms with Crippen LogP contribution in [0.25, 0.3) is 0 Å². The number of hydrogen-bond acceptors (Lipinski definition) is 2. The van der Waals surface area contributed by atoms with E-state index in [1.165, 1.54) is 32.4 Å². The van der Waals surface area contributed by atoms with Crippen LogP contribution in [-0.2, 0) is 0 Å². The average Bonchev–Trinajstić information content (AvgIpc) is 2.09. The predicted molar refractivity (Wildman–Crippen MR) is 53.4 cm³/mol. The molecule has 0 saturated carbocycles. The molecule has 1 fully saturated rings. The summed E-state index contributed by atoms with van der Waals surface area (Å²) in [4.78, 5) is 2.41. The van der Waals surface area contributed by atoms with Gasteiger partial charge in [0.1, 0.15) is 0 Å². The lowest BCUT2D eigenvalue weighted by Gasteiger charge is -2.31. The van der Waals surface area contributed by atoms with Crippen LogP contribution in [0, 0.1) is 0 Å². The standard InChI is InChI=1S/C10H22N2/c1-4-9(2)11-10-5-7-12(3)8-6-10/h9-11H,4-8H2,1-3H3/t9-/m1/s1. The summed E-state index contributed by atoms with van der Waals surface area (Å²) in [5, 5.41) is 3.66. The van der Waals surface area contributed by atoms with Crippen LogP contribution in [0.15, 0.2) is 0 Å². The zero-order valence-corrected chi connectivity index (χ0v) is 8.64. The average molecular weight is 170 g/mol. The molecule has 1 saturated heterocycles. The number of likely N-dealkylation sites (tertiary alicyclic amines) is 1. The van der Waals surface area contributed by atoms with Gasteiger partial charge in [-0.05, 0) is 46.3 Å². The number of hydrogen-bond donors (Lipinski definition) is 1. The van der Waals surface area contributed by atoms with Crippen LogP contribution in [0.5, 0.6) is 0 Å². The summed E-state index contributed by atoms with van der Waals surface area (Å²) in [5.41, 5.74) is 0. The zero-order chi connectivity index (χ0) is 8.97. The van der Waals surface area contributed by atoms with Crippen molar-refractivity contribution in [3.63, 3.8) is 0 Å². The van der Waals surface area contributed by atoms with Gasteiger partial charge < -0.3 is 10.2 Å². The van der Waals surface area contributed by atoms with Crippen LogP contribution < -0.4 is 5.32 Å². The fraction of sp³-hybridized carbons (Fsp3) is 1.00. The van der Waals surface area contributed by atoms with Crippen molar-refractivity contribution in [3.8, 4) is 0 Å². The van der Waals surface area contributed by atoms with Gasteiger partial charge in [-0.3, -0.25) is 0 Å². The lowest BCUT2D eigenvalue weighted by Crippen LogP contribution is -2.44. The fourth-order valence-electron chi connectivity index (χ4n) is 1.70. The second-order valence-corrected chi connectivity index (χ2v) is 4.05. The molecule has 0 amide bonds. The van der Waals surface area contributed by atoms with Gasteiger partial charge in [0.05, 0.1) is 0 Å². The predicted octanol–water partition coefficient (Wildman–Crippen LogP) is 1.47. The zero-order valence-electron chi connectivity index (χ0n) is 8.64. The first kappa shape index (κ1) is 10.0. The Balaban J connectivity index is 2.17. The molecular formula is C10H22N2. The van der Waals surface area contributed by atoms with Crippen LogP contribution in [0.4, 0.5) is 0 Å². The van der Waals surface area contributed by atoms with Gasteiger partial charge in [-0.1, -0.05) is 6.92 Å². The van der Waals surface area contributed by atoms with Crippen molar-refractivity contribution in [2.45, 2.75) is 45.2 Å². The Morgan fingerprint density at radius 1 is 1.42 bits per heavy atom. The summed E-state index contributed by atoms with van der Waals surface area (Å²) in [6.07, 6.45) is 3.88. The highest BCUT2D eigenvalue weighted by Gasteiger charge is 2.16. The normalized spacial score (nSPS) is 24.2. The van der Waals surface area contributed by atoms with Crippen LogP contribution in [-0.4, -0.2) is 37.1 Å². The van der Waals surface area contributed by atoms with Crippen molar-refractivity contribution in [1.29, 1.82) is 0 Å². The van der Waals surface area contributed by atoms with E-state index in [1.54, 1.807) is 0 Å². The molecule has 12 heavy (non-hydrogen) atoms. The maximum Gasteiger partial charge on any atom is 0.00938 e. The lowest BCUT2D eigenvalue weighted by atomic mass is 10.0. The third kappa shape index (κ3) is 3.11. The van der Waals surface area contributed by atoms with Crippen molar-refractivity contribution >= 4 is 0 Å². The summed E-state index contributed by atoms with van der Waals surface area (Å²) in [6.45, 7) is 7.03. The Hall–Kier alpha value is -0.0800. The monoisotopic (exact) mass is 170 g/mol. The first-order chi connectivity index (χ1) is 5.72. The van der Waals surface area contributed by atoms with E-state index in [0.29, 0.717) is 6.04 Å². The molecule has 1 aliphatic heterocycles. The van der Waals surface area contributed by atoms with Crippen molar-refractivity contribution < 1.29 is 0 Å². The number of nitrogens with one attached hydrogen (secondary N) is 1. The summed E-state index contributed by atoms with van der Waals surface area (Å²) in [6, 6.07) is 1.47. The third-order valence-electron chi connectivity index (χ3n) is 2.85. The molecule has 0 aromatic heterocycles. The summed E-state index contributed by atoms with van der Waals surface area (Å²) >= 11 is 0. The van der Waals surface area contributed by atoms with Gasteiger partial charge in [-0.25, -0.2) is 0 Å². The molecule has 0 aliphatic carbocycles. The van der Waals surface area contributed by atoms with E-state index in [4.69, 9.17) is 0 Å². The van der Waals surface area contributed by atoms with Crippen molar-refractivity contribution in [1.82, 2.24) is 10.2 Å². The Morgan fingerprint density at radius 2 is 2.00 bits per heavy atom. The van der Waals surface area contributed by atoms with E-state index in [1.807, 2.05) is 0 Å². The van der Waals surface area contributed by atoms with E-state index >= 15 is 0 Å². The van der Waals surface area contributed by atoms with Gasteiger partial charge >= 0.3 is 0 Å². The highest BCUT2D eigenvalue weighted by molar-refractivity contribution is 4.77. The van der Waals surface area contributed by atoms with E-state index in [2.05, 4.69) is 31.1 Å². The number of rotatable bonds is 3. The molecule has 1 N–H and O–H groups in total.